The van der Waals surface area contributed by atoms with E-state index in [1.165, 1.54) is 11.3 Å². The highest BCUT2D eigenvalue weighted by molar-refractivity contribution is 7.20. The summed E-state index contributed by atoms with van der Waals surface area (Å²) < 4.78 is 6.07. The van der Waals surface area contributed by atoms with Gasteiger partial charge in [-0.3, -0.25) is 4.79 Å². The Balaban J connectivity index is 1.58. The molecule has 0 bridgehead atoms. The number of alkyl carbamates (subject to hydrolysis) is 1. The number of hydrogen-bond donors (Lipinski definition) is 1. The Morgan fingerprint density at radius 3 is 2.58 bits per heavy atom. The van der Waals surface area contributed by atoms with E-state index in [0.29, 0.717) is 5.01 Å². The van der Waals surface area contributed by atoms with Crippen molar-refractivity contribution >= 4 is 33.4 Å². The molecule has 24 heavy (non-hydrogen) atoms. The van der Waals surface area contributed by atoms with Gasteiger partial charge in [0.25, 0.3) is 0 Å². The van der Waals surface area contributed by atoms with E-state index >= 15 is 0 Å². The summed E-state index contributed by atoms with van der Waals surface area (Å²) in [5.74, 6) is -0.229. The first kappa shape index (κ1) is 16.1. The Morgan fingerprint density at radius 1 is 1.12 bits per heavy atom. The highest BCUT2D eigenvalue weighted by Crippen LogP contribution is 2.22. The molecule has 0 saturated carbocycles. The molecule has 1 N–H and O–H groups in total. The first-order chi connectivity index (χ1) is 11.6. The standard InChI is InChI=1S/C18H16N2O3S/c1-12(19-18(22)23-11-13-7-3-2-4-8-13)16(21)17-20-14-9-5-6-10-15(14)24-17/h2-10,12H,11H2,1H3,(H,19,22)/t12-/m0/s1. The van der Waals surface area contributed by atoms with Crippen molar-refractivity contribution in [1.29, 1.82) is 0 Å². The SMILES string of the molecule is C[C@H](NC(=O)OCc1ccccc1)C(=O)c1nc2ccccc2s1. The molecule has 1 heterocycles. The van der Waals surface area contributed by atoms with Crippen molar-refractivity contribution in [3.05, 3.63) is 65.2 Å². The van der Waals surface area contributed by atoms with Crippen LogP contribution in [0.25, 0.3) is 10.2 Å². The van der Waals surface area contributed by atoms with Crippen LogP contribution in [0.1, 0.15) is 22.3 Å². The maximum absolute atomic E-state index is 12.4. The van der Waals surface area contributed by atoms with Crippen molar-refractivity contribution in [2.45, 2.75) is 19.6 Å². The zero-order valence-corrected chi connectivity index (χ0v) is 13.9. The molecule has 2 aromatic carbocycles. The molecule has 5 nitrogen and oxygen atoms in total. The molecular formula is C18H16N2O3S. The van der Waals surface area contributed by atoms with E-state index in [0.717, 1.165) is 15.8 Å². The van der Waals surface area contributed by atoms with Crippen LogP contribution in [0.3, 0.4) is 0 Å². The number of aromatic nitrogens is 1. The number of fused-ring (bicyclic) bond motifs is 1. The molecule has 3 aromatic rings. The highest BCUT2D eigenvalue weighted by Gasteiger charge is 2.21. The van der Waals surface area contributed by atoms with E-state index in [9.17, 15) is 9.59 Å². The average molecular weight is 340 g/mol. The van der Waals surface area contributed by atoms with Crippen molar-refractivity contribution in [3.63, 3.8) is 0 Å². The molecule has 0 unspecified atom stereocenters. The summed E-state index contributed by atoms with van der Waals surface area (Å²) in [4.78, 5) is 28.5. The Labute approximate surface area is 143 Å². The van der Waals surface area contributed by atoms with Gasteiger partial charge in [-0.15, -0.1) is 11.3 Å². The van der Waals surface area contributed by atoms with Gasteiger partial charge in [-0.1, -0.05) is 42.5 Å². The van der Waals surface area contributed by atoms with Crippen LogP contribution < -0.4 is 5.32 Å². The van der Waals surface area contributed by atoms with Crippen molar-refractivity contribution in [1.82, 2.24) is 10.3 Å². The van der Waals surface area contributed by atoms with E-state index in [2.05, 4.69) is 10.3 Å². The number of amides is 1. The lowest BCUT2D eigenvalue weighted by molar-refractivity contribution is 0.0926. The lowest BCUT2D eigenvalue weighted by atomic mass is 10.2. The van der Waals surface area contributed by atoms with Gasteiger partial charge in [0.05, 0.1) is 16.3 Å². The smallest absolute Gasteiger partial charge is 0.408 e. The van der Waals surface area contributed by atoms with Gasteiger partial charge in [0.1, 0.15) is 6.61 Å². The Kier molecular flexibility index (Phi) is 4.86. The van der Waals surface area contributed by atoms with Crippen LogP contribution in [-0.2, 0) is 11.3 Å². The monoisotopic (exact) mass is 340 g/mol. The van der Waals surface area contributed by atoms with Crippen molar-refractivity contribution in [2.75, 3.05) is 0 Å². The highest BCUT2D eigenvalue weighted by atomic mass is 32.1. The number of nitrogens with zero attached hydrogens (tertiary/aromatic N) is 1. The number of rotatable bonds is 5. The minimum absolute atomic E-state index is 0.161. The number of ketones is 1. The number of carbonyl (C=O) groups is 2. The van der Waals surface area contributed by atoms with E-state index in [4.69, 9.17) is 4.74 Å². The molecule has 0 aliphatic rings. The molecule has 122 valence electrons. The van der Waals surface area contributed by atoms with E-state index in [-0.39, 0.29) is 12.4 Å². The zero-order valence-electron chi connectivity index (χ0n) is 13.1. The number of Topliss-reactive ketones (excluding diaryl/α,β-unsaturated/α-hetero) is 1. The zero-order chi connectivity index (χ0) is 16.9. The van der Waals surface area contributed by atoms with Gasteiger partial charge in [-0.2, -0.15) is 0 Å². The minimum atomic E-state index is -0.700. The number of thiazole rings is 1. The predicted octanol–water partition coefficient (Wildman–Crippen LogP) is 3.79. The molecule has 1 atom stereocenters. The predicted molar refractivity (Wildman–Crippen MR) is 93.2 cm³/mol. The third kappa shape index (κ3) is 3.78. The van der Waals surface area contributed by atoms with Crippen LogP contribution in [0.4, 0.5) is 4.79 Å². The van der Waals surface area contributed by atoms with Gasteiger partial charge in [-0.05, 0) is 24.6 Å². The Morgan fingerprint density at radius 2 is 1.83 bits per heavy atom. The van der Waals surface area contributed by atoms with Crippen LogP contribution in [0, 0.1) is 0 Å². The summed E-state index contributed by atoms with van der Waals surface area (Å²) in [5, 5.41) is 2.93. The fourth-order valence-corrected chi connectivity index (χ4v) is 3.16. The van der Waals surface area contributed by atoms with Gasteiger partial charge >= 0.3 is 6.09 Å². The average Bonchev–Trinajstić information content (AvgIpc) is 3.04. The maximum Gasteiger partial charge on any atom is 0.408 e. The third-order valence-electron chi connectivity index (χ3n) is 3.45. The summed E-state index contributed by atoms with van der Waals surface area (Å²) in [6.45, 7) is 1.78. The molecule has 1 aromatic heterocycles. The first-order valence-electron chi connectivity index (χ1n) is 7.50. The fraction of sp³-hybridized carbons (Fsp3) is 0.167. The second-order valence-corrected chi connectivity index (χ2v) is 6.31. The largest absolute Gasteiger partial charge is 0.445 e. The van der Waals surface area contributed by atoms with Gasteiger partial charge in [0, 0.05) is 0 Å². The Hall–Kier alpha value is -2.73. The molecular weight excluding hydrogens is 324 g/mol. The molecule has 0 radical (unpaired) electrons. The Bertz CT molecular complexity index is 828. The first-order valence-corrected chi connectivity index (χ1v) is 8.32. The molecule has 1 amide bonds. The second-order valence-electron chi connectivity index (χ2n) is 5.28. The third-order valence-corrected chi connectivity index (χ3v) is 4.50. The maximum atomic E-state index is 12.4. The normalized spacial score (nSPS) is 11.9. The van der Waals surface area contributed by atoms with Crippen LogP contribution in [0.5, 0.6) is 0 Å². The number of benzene rings is 2. The van der Waals surface area contributed by atoms with E-state index < -0.39 is 12.1 Å². The second kappa shape index (κ2) is 7.23. The molecule has 0 spiro atoms. The number of para-hydroxylation sites is 1. The van der Waals surface area contributed by atoms with Crippen LogP contribution in [-0.4, -0.2) is 22.9 Å². The van der Waals surface area contributed by atoms with E-state index in [1.807, 2.05) is 54.6 Å². The van der Waals surface area contributed by atoms with Crippen molar-refractivity contribution in [2.24, 2.45) is 0 Å². The molecule has 0 aliphatic carbocycles. The summed E-state index contributed by atoms with van der Waals surface area (Å²) in [6, 6.07) is 16.2. The lowest BCUT2D eigenvalue weighted by Gasteiger charge is -2.11. The van der Waals surface area contributed by atoms with Crippen molar-refractivity contribution in [3.8, 4) is 0 Å². The van der Waals surface area contributed by atoms with Gasteiger partial charge in [0.2, 0.25) is 5.78 Å². The van der Waals surface area contributed by atoms with Crippen LogP contribution >= 0.6 is 11.3 Å². The van der Waals surface area contributed by atoms with Gasteiger partial charge in [0.15, 0.2) is 5.01 Å². The number of carbonyl (C=O) groups excluding carboxylic acids is 2. The molecule has 0 aliphatic heterocycles. The summed E-state index contributed by atoms with van der Waals surface area (Å²) in [7, 11) is 0. The topological polar surface area (TPSA) is 68.3 Å². The lowest BCUT2D eigenvalue weighted by Crippen LogP contribution is -2.38. The number of ether oxygens (including phenoxy) is 1. The quantitative estimate of drug-likeness (QED) is 0.718. The number of nitrogens with one attached hydrogen (secondary N) is 1. The van der Waals surface area contributed by atoms with Gasteiger partial charge < -0.3 is 10.1 Å². The summed E-state index contributed by atoms with van der Waals surface area (Å²) in [5.41, 5.74) is 1.67. The molecule has 3 rings (SSSR count). The van der Waals surface area contributed by atoms with Crippen LogP contribution in [0.2, 0.25) is 0 Å². The molecule has 0 saturated heterocycles. The molecule has 0 fully saturated rings. The van der Waals surface area contributed by atoms with E-state index in [1.54, 1.807) is 6.92 Å². The summed E-state index contributed by atoms with van der Waals surface area (Å²) in [6.07, 6.45) is -0.624. The minimum Gasteiger partial charge on any atom is -0.445 e. The fourth-order valence-electron chi connectivity index (χ4n) is 2.17. The van der Waals surface area contributed by atoms with Crippen LogP contribution in [0.15, 0.2) is 54.6 Å². The van der Waals surface area contributed by atoms with Gasteiger partial charge in [-0.25, -0.2) is 9.78 Å². The molecule has 6 heteroatoms. The summed E-state index contributed by atoms with van der Waals surface area (Å²) >= 11 is 1.32. The van der Waals surface area contributed by atoms with Crippen molar-refractivity contribution < 1.29 is 14.3 Å². The number of hydrogen-bond acceptors (Lipinski definition) is 5.